The Hall–Kier alpha value is -0.750. The summed E-state index contributed by atoms with van der Waals surface area (Å²) < 4.78 is 14.4. The van der Waals surface area contributed by atoms with E-state index in [-0.39, 0.29) is 11.9 Å². The summed E-state index contributed by atoms with van der Waals surface area (Å²) in [5, 5.41) is 4.14. The van der Waals surface area contributed by atoms with Crippen molar-refractivity contribution in [3.05, 3.63) is 56.4 Å². The number of aryl methyl sites for hydroxylation is 1. The van der Waals surface area contributed by atoms with Crippen LogP contribution >= 0.6 is 27.3 Å². The topological polar surface area (TPSA) is 38.0 Å². The summed E-state index contributed by atoms with van der Waals surface area (Å²) in [6.45, 7) is 0. The minimum absolute atomic E-state index is 0.178. The van der Waals surface area contributed by atoms with Crippen molar-refractivity contribution in [3.63, 3.8) is 0 Å². The van der Waals surface area contributed by atoms with E-state index in [4.69, 9.17) is 5.84 Å². The van der Waals surface area contributed by atoms with Crippen LogP contribution in [0.5, 0.6) is 0 Å². The van der Waals surface area contributed by atoms with E-state index in [1.807, 2.05) is 11.4 Å². The Morgan fingerprint density at radius 3 is 2.89 bits per heavy atom. The zero-order valence-electron chi connectivity index (χ0n) is 9.70. The van der Waals surface area contributed by atoms with E-state index in [1.54, 1.807) is 23.5 Å². The van der Waals surface area contributed by atoms with Crippen LogP contribution in [0.25, 0.3) is 0 Å². The first kappa shape index (κ1) is 13.7. The lowest BCUT2D eigenvalue weighted by Gasteiger charge is -2.17. The molecule has 3 N–H and O–H groups in total. The van der Waals surface area contributed by atoms with Crippen molar-refractivity contribution in [1.29, 1.82) is 0 Å². The highest BCUT2D eigenvalue weighted by Crippen LogP contribution is 2.26. The first-order chi connectivity index (χ1) is 8.72. The lowest BCUT2D eigenvalue weighted by molar-refractivity contribution is 0.484. The van der Waals surface area contributed by atoms with Gasteiger partial charge in [-0.1, -0.05) is 12.1 Å². The van der Waals surface area contributed by atoms with Gasteiger partial charge in [0, 0.05) is 11.6 Å². The Morgan fingerprint density at radius 1 is 1.39 bits per heavy atom. The third kappa shape index (κ3) is 3.17. The maximum atomic E-state index is 14.0. The molecule has 1 atom stereocenters. The first-order valence-corrected chi connectivity index (χ1v) is 7.37. The molecule has 0 spiro atoms. The summed E-state index contributed by atoms with van der Waals surface area (Å²) in [7, 11) is 0. The van der Waals surface area contributed by atoms with E-state index in [9.17, 15) is 4.39 Å². The fourth-order valence-electron chi connectivity index (χ4n) is 1.86. The second-order valence-corrected chi connectivity index (χ2v) is 5.67. The molecule has 1 unspecified atom stereocenters. The molecule has 0 amide bonds. The molecule has 2 nitrogen and oxygen atoms in total. The van der Waals surface area contributed by atoms with Crippen molar-refractivity contribution >= 4 is 27.3 Å². The van der Waals surface area contributed by atoms with Crippen molar-refractivity contribution in [2.45, 2.75) is 18.9 Å². The molecule has 0 bridgehead atoms. The Morgan fingerprint density at radius 2 is 2.22 bits per heavy atom. The summed E-state index contributed by atoms with van der Waals surface area (Å²) in [6, 6.07) is 7.17. The lowest BCUT2D eigenvalue weighted by Crippen LogP contribution is -2.29. The SMILES string of the molecule is NNC(CCc1ccsc1)c1cccc(Br)c1F. The van der Waals surface area contributed by atoms with E-state index in [0.29, 0.717) is 10.0 Å². The molecule has 1 heterocycles. The van der Waals surface area contributed by atoms with Gasteiger partial charge in [-0.15, -0.1) is 0 Å². The molecule has 0 fully saturated rings. The highest BCUT2D eigenvalue weighted by Gasteiger charge is 2.16. The highest BCUT2D eigenvalue weighted by atomic mass is 79.9. The number of nitrogens with two attached hydrogens (primary N) is 1. The van der Waals surface area contributed by atoms with Crippen LogP contribution in [-0.4, -0.2) is 0 Å². The molecule has 0 aliphatic heterocycles. The van der Waals surface area contributed by atoms with Crippen molar-refractivity contribution in [2.24, 2.45) is 5.84 Å². The standard InChI is InChI=1S/C13H14BrFN2S/c14-11-3-1-2-10(13(11)15)12(17-16)5-4-9-6-7-18-8-9/h1-3,6-8,12,17H,4-5,16H2. The summed E-state index contributed by atoms with van der Waals surface area (Å²) in [6.07, 6.45) is 1.64. The average Bonchev–Trinajstić information content (AvgIpc) is 2.88. The molecular formula is C13H14BrFN2S. The number of thiophene rings is 1. The van der Waals surface area contributed by atoms with Gasteiger partial charge in [0.15, 0.2) is 0 Å². The largest absolute Gasteiger partial charge is 0.271 e. The summed E-state index contributed by atoms with van der Waals surface area (Å²) in [5.41, 5.74) is 4.55. The number of halogens is 2. The maximum absolute atomic E-state index is 14.0. The second kappa shape index (κ2) is 6.43. The van der Waals surface area contributed by atoms with Crippen LogP contribution in [-0.2, 0) is 6.42 Å². The fourth-order valence-corrected chi connectivity index (χ4v) is 2.95. The van der Waals surface area contributed by atoms with Gasteiger partial charge in [0.1, 0.15) is 5.82 Å². The van der Waals surface area contributed by atoms with E-state index < -0.39 is 0 Å². The van der Waals surface area contributed by atoms with Gasteiger partial charge in [-0.3, -0.25) is 11.3 Å². The zero-order chi connectivity index (χ0) is 13.0. The Kier molecular flexibility index (Phi) is 4.88. The maximum Gasteiger partial charge on any atom is 0.142 e. The van der Waals surface area contributed by atoms with Gasteiger partial charge in [0.2, 0.25) is 0 Å². The third-order valence-corrected chi connectivity index (χ3v) is 4.20. The zero-order valence-corrected chi connectivity index (χ0v) is 12.1. The first-order valence-electron chi connectivity index (χ1n) is 5.63. The summed E-state index contributed by atoms with van der Waals surface area (Å²) in [5.74, 6) is 5.29. The fraction of sp³-hybridized carbons (Fsp3) is 0.231. The molecule has 2 aromatic rings. The quantitative estimate of drug-likeness (QED) is 0.647. The van der Waals surface area contributed by atoms with E-state index in [2.05, 4.69) is 32.8 Å². The van der Waals surface area contributed by atoms with Crippen LogP contribution in [0, 0.1) is 5.82 Å². The van der Waals surface area contributed by atoms with Gasteiger partial charge in [0.05, 0.1) is 4.47 Å². The predicted octanol–water partition coefficient (Wildman–Crippen LogP) is 3.79. The second-order valence-electron chi connectivity index (χ2n) is 4.03. The van der Waals surface area contributed by atoms with Gasteiger partial charge < -0.3 is 0 Å². The molecule has 18 heavy (non-hydrogen) atoms. The summed E-state index contributed by atoms with van der Waals surface area (Å²) >= 11 is 4.86. The van der Waals surface area contributed by atoms with Crippen LogP contribution in [0.3, 0.4) is 0 Å². The summed E-state index contributed by atoms with van der Waals surface area (Å²) in [4.78, 5) is 0. The minimum Gasteiger partial charge on any atom is -0.271 e. The molecule has 5 heteroatoms. The van der Waals surface area contributed by atoms with Gasteiger partial charge in [-0.25, -0.2) is 4.39 Å². The van der Waals surface area contributed by atoms with Gasteiger partial charge in [-0.2, -0.15) is 11.3 Å². The van der Waals surface area contributed by atoms with E-state index in [1.165, 1.54) is 5.56 Å². The van der Waals surface area contributed by atoms with E-state index in [0.717, 1.165) is 12.8 Å². The molecule has 0 aliphatic rings. The lowest BCUT2D eigenvalue weighted by atomic mass is 10.0. The normalized spacial score (nSPS) is 12.6. The molecule has 0 saturated carbocycles. The van der Waals surface area contributed by atoms with Crippen LogP contribution in [0.4, 0.5) is 4.39 Å². The van der Waals surface area contributed by atoms with Crippen LogP contribution in [0.2, 0.25) is 0 Å². The van der Waals surface area contributed by atoms with Crippen molar-refractivity contribution < 1.29 is 4.39 Å². The predicted molar refractivity (Wildman–Crippen MR) is 76.8 cm³/mol. The van der Waals surface area contributed by atoms with Gasteiger partial charge in [-0.05, 0) is 57.2 Å². The van der Waals surface area contributed by atoms with E-state index >= 15 is 0 Å². The van der Waals surface area contributed by atoms with Crippen molar-refractivity contribution in [1.82, 2.24) is 5.43 Å². The number of hydrazine groups is 1. The Balaban J connectivity index is 2.10. The number of nitrogens with one attached hydrogen (secondary N) is 1. The number of rotatable bonds is 5. The number of hydrogen-bond donors (Lipinski definition) is 2. The molecule has 1 aromatic carbocycles. The molecule has 2 rings (SSSR count). The third-order valence-electron chi connectivity index (χ3n) is 2.86. The van der Waals surface area contributed by atoms with Crippen molar-refractivity contribution in [2.75, 3.05) is 0 Å². The molecule has 0 saturated heterocycles. The monoisotopic (exact) mass is 328 g/mol. The highest BCUT2D eigenvalue weighted by molar-refractivity contribution is 9.10. The Bertz CT molecular complexity index is 502. The minimum atomic E-state index is -0.245. The van der Waals surface area contributed by atoms with Gasteiger partial charge in [0.25, 0.3) is 0 Å². The number of benzene rings is 1. The smallest absolute Gasteiger partial charge is 0.142 e. The molecule has 0 aliphatic carbocycles. The van der Waals surface area contributed by atoms with Crippen LogP contribution < -0.4 is 11.3 Å². The van der Waals surface area contributed by atoms with Crippen LogP contribution in [0.1, 0.15) is 23.6 Å². The molecule has 1 aromatic heterocycles. The Labute approximate surface area is 118 Å². The molecule has 0 radical (unpaired) electrons. The number of hydrogen-bond acceptors (Lipinski definition) is 3. The van der Waals surface area contributed by atoms with Crippen LogP contribution in [0.15, 0.2) is 39.5 Å². The van der Waals surface area contributed by atoms with Crippen molar-refractivity contribution in [3.8, 4) is 0 Å². The average molecular weight is 329 g/mol. The molecular weight excluding hydrogens is 315 g/mol. The van der Waals surface area contributed by atoms with Gasteiger partial charge >= 0.3 is 0 Å². The molecule has 96 valence electrons.